The molecule has 1 atom stereocenters. The summed E-state index contributed by atoms with van der Waals surface area (Å²) >= 11 is 0. The number of furan rings is 2. The third-order valence-corrected chi connectivity index (χ3v) is 2.48. The van der Waals surface area contributed by atoms with E-state index in [1.165, 1.54) is 6.08 Å². The summed E-state index contributed by atoms with van der Waals surface area (Å²) in [4.78, 5) is 11.6. The number of amides is 1. The van der Waals surface area contributed by atoms with Crippen LogP contribution in [0.25, 0.3) is 6.08 Å². The lowest BCUT2D eigenvalue weighted by atomic mass is 10.1. The highest BCUT2D eigenvalue weighted by Crippen LogP contribution is 2.04. The first-order chi connectivity index (χ1) is 8.74. The van der Waals surface area contributed by atoms with E-state index >= 15 is 0 Å². The first-order valence-electron chi connectivity index (χ1n) is 5.76. The van der Waals surface area contributed by atoms with Gasteiger partial charge in [0.05, 0.1) is 25.1 Å². The summed E-state index contributed by atoms with van der Waals surface area (Å²) in [6, 6.07) is 3.74. The maximum absolute atomic E-state index is 11.6. The van der Waals surface area contributed by atoms with Gasteiger partial charge in [-0.25, -0.2) is 0 Å². The molecule has 2 rings (SSSR count). The predicted molar refractivity (Wildman–Crippen MR) is 67.8 cm³/mol. The summed E-state index contributed by atoms with van der Waals surface area (Å²) in [5.41, 5.74) is 1.94. The Morgan fingerprint density at radius 3 is 2.78 bits per heavy atom. The largest absolute Gasteiger partial charge is 0.472 e. The number of hydrogen-bond acceptors (Lipinski definition) is 3. The van der Waals surface area contributed by atoms with Gasteiger partial charge in [-0.15, -0.1) is 0 Å². The van der Waals surface area contributed by atoms with Crippen molar-refractivity contribution in [2.45, 2.75) is 19.4 Å². The zero-order valence-corrected chi connectivity index (χ0v) is 10.1. The summed E-state index contributed by atoms with van der Waals surface area (Å²) in [5.74, 6) is -0.118. The molecule has 0 radical (unpaired) electrons. The van der Waals surface area contributed by atoms with Crippen molar-refractivity contribution in [2.24, 2.45) is 0 Å². The van der Waals surface area contributed by atoms with Crippen LogP contribution in [0, 0.1) is 0 Å². The molecule has 0 saturated heterocycles. The molecule has 4 heteroatoms. The molecule has 0 unspecified atom stereocenters. The number of carbonyl (C=O) groups is 1. The number of carbonyl (C=O) groups excluding carboxylic acids is 1. The summed E-state index contributed by atoms with van der Waals surface area (Å²) in [6.45, 7) is 1.95. The van der Waals surface area contributed by atoms with Crippen LogP contribution in [0.2, 0.25) is 0 Å². The zero-order chi connectivity index (χ0) is 12.8. The Morgan fingerprint density at radius 2 is 2.11 bits per heavy atom. The van der Waals surface area contributed by atoms with Crippen molar-refractivity contribution in [3.8, 4) is 0 Å². The van der Waals surface area contributed by atoms with Gasteiger partial charge in [0.2, 0.25) is 5.91 Å². The second-order valence-electron chi connectivity index (χ2n) is 4.14. The van der Waals surface area contributed by atoms with E-state index in [-0.39, 0.29) is 11.9 Å². The molecule has 0 aromatic carbocycles. The van der Waals surface area contributed by atoms with Gasteiger partial charge >= 0.3 is 0 Å². The lowest BCUT2D eigenvalue weighted by molar-refractivity contribution is -0.117. The average Bonchev–Trinajstić information content (AvgIpc) is 2.98. The van der Waals surface area contributed by atoms with Crippen LogP contribution in [0.5, 0.6) is 0 Å². The molecule has 0 saturated carbocycles. The Labute approximate surface area is 105 Å². The molecule has 0 spiro atoms. The highest BCUT2D eigenvalue weighted by Gasteiger charge is 2.06. The Balaban J connectivity index is 1.80. The molecule has 0 fully saturated rings. The SMILES string of the molecule is C[C@H](Cc1ccoc1)NC(=O)/C=C/c1ccoc1. The molecule has 94 valence electrons. The summed E-state index contributed by atoms with van der Waals surface area (Å²) < 4.78 is 9.88. The molecule has 4 nitrogen and oxygen atoms in total. The van der Waals surface area contributed by atoms with E-state index in [4.69, 9.17) is 8.83 Å². The van der Waals surface area contributed by atoms with Crippen molar-refractivity contribution in [2.75, 3.05) is 0 Å². The van der Waals surface area contributed by atoms with Crippen LogP contribution in [0.15, 0.2) is 52.1 Å². The lowest BCUT2D eigenvalue weighted by Gasteiger charge is -2.10. The Hall–Kier alpha value is -2.23. The van der Waals surface area contributed by atoms with E-state index in [0.717, 1.165) is 17.5 Å². The third kappa shape index (κ3) is 3.66. The lowest BCUT2D eigenvalue weighted by Crippen LogP contribution is -2.32. The molecule has 2 heterocycles. The summed E-state index contributed by atoms with van der Waals surface area (Å²) in [5, 5.41) is 2.88. The normalized spacial score (nSPS) is 12.7. The Morgan fingerprint density at radius 1 is 1.33 bits per heavy atom. The number of hydrogen-bond donors (Lipinski definition) is 1. The third-order valence-electron chi connectivity index (χ3n) is 2.48. The molecule has 18 heavy (non-hydrogen) atoms. The molecule has 0 bridgehead atoms. The molecule has 0 aliphatic rings. The molecule has 0 aliphatic carbocycles. The van der Waals surface area contributed by atoms with Crippen molar-refractivity contribution in [3.63, 3.8) is 0 Å². The van der Waals surface area contributed by atoms with E-state index in [1.807, 2.05) is 13.0 Å². The van der Waals surface area contributed by atoms with Crippen LogP contribution < -0.4 is 5.32 Å². The van der Waals surface area contributed by atoms with E-state index in [0.29, 0.717) is 0 Å². The van der Waals surface area contributed by atoms with Gasteiger partial charge in [-0.2, -0.15) is 0 Å². The predicted octanol–water partition coefficient (Wildman–Crippen LogP) is 2.63. The van der Waals surface area contributed by atoms with Gasteiger partial charge in [0.1, 0.15) is 0 Å². The molecule has 1 N–H and O–H groups in total. The van der Waals surface area contributed by atoms with Crippen molar-refractivity contribution in [1.82, 2.24) is 5.32 Å². The van der Waals surface area contributed by atoms with Crippen LogP contribution in [0.1, 0.15) is 18.1 Å². The Kier molecular flexibility index (Phi) is 4.02. The van der Waals surface area contributed by atoms with E-state index in [9.17, 15) is 4.79 Å². The van der Waals surface area contributed by atoms with Gasteiger partial charge < -0.3 is 14.2 Å². The first kappa shape index (κ1) is 12.2. The fraction of sp³-hybridized carbons (Fsp3) is 0.214. The van der Waals surface area contributed by atoms with E-state index in [1.54, 1.807) is 37.2 Å². The van der Waals surface area contributed by atoms with Crippen molar-refractivity contribution >= 4 is 12.0 Å². The van der Waals surface area contributed by atoms with Crippen molar-refractivity contribution in [3.05, 3.63) is 54.4 Å². The Bertz CT molecular complexity index is 497. The van der Waals surface area contributed by atoms with Gasteiger partial charge in [-0.05, 0) is 37.1 Å². The number of rotatable bonds is 5. The van der Waals surface area contributed by atoms with Gasteiger partial charge in [0.25, 0.3) is 0 Å². The van der Waals surface area contributed by atoms with E-state index in [2.05, 4.69) is 5.32 Å². The van der Waals surface area contributed by atoms with Gasteiger partial charge in [0, 0.05) is 17.7 Å². The zero-order valence-electron chi connectivity index (χ0n) is 10.1. The monoisotopic (exact) mass is 245 g/mol. The van der Waals surface area contributed by atoms with Crippen LogP contribution in [-0.2, 0) is 11.2 Å². The van der Waals surface area contributed by atoms with Crippen LogP contribution in [-0.4, -0.2) is 11.9 Å². The molecular weight excluding hydrogens is 230 g/mol. The fourth-order valence-electron chi connectivity index (χ4n) is 1.65. The molecule has 2 aromatic rings. The van der Waals surface area contributed by atoms with Crippen LogP contribution in [0.3, 0.4) is 0 Å². The minimum absolute atomic E-state index is 0.0594. The topological polar surface area (TPSA) is 55.4 Å². The minimum atomic E-state index is -0.118. The molecule has 2 aromatic heterocycles. The van der Waals surface area contributed by atoms with Gasteiger partial charge in [-0.1, -0.05) is 0 Å². The molecular formula is C14H15NO3. The van der Waals surface area contributed by atoms with Crippen LogP contribution >= 0.6 is 0 Å². The number of nitrogens with one attached hydrogen (secondary N) is 1. The maximum Gasteiger partial charge on any atom is 0.244 e. The standard InChI is InChI=1S/C14H15NO3/c1-11(8-13-5-7-18-10-13)15-14(16)3-2-12-4-6-17-9-12/h2-7,9-11H,8H2,1H3,(H,15,16)/b3-2+/t11-/m1/s1. The summed E-state index contributed by atoms with van der Waals surface area (Å²) in [6.07, 6.45) is 10.4. The second-order valence-corrected chi connectivity index (χ2v) is 4.14. The maximum atomic E-state index is 11.6. The first-order valence-corrected chi connectivity index (χ1v) is 5.76. The van der Waals surface area contributed by atoms with E-state index < -0.39 is 0 Å². The summed E-state index contributed by atoms with van der Waals surface area (Å²) in [7, 11) is 0. The smallest absolute Gasteiger partial charge is 0.244 e. The van der Waals surface area contributed by atoms with Gasteiger partial charge in [0.15, 0.2) is 0 Å². The molecule has 0 aliphatic heterocycles. The van der Waals surface area contributed by atoms with Crippen LogP contribution in [0.4, 0.5) is 0 Å². The highest BCUT2D eigenvalue weighted by atomic mass is 16.3. The van der Waals surface area contributed by atoms with Crippen molar-refractivity contribution < 1.29 is 13.6 Å². The van der Waals surface area contributed by atoms with Gasteiger partial charge in [-0.3, -0.25) is 4.79 Å². The minimum Gasteiger partial charge on any atom is -0.472 e. The van der Waals surface area contributed by atoms with Crippen molar-refractivity contribution in [1.29, 1.82) is 0 Å². The second kappa shape index (κ2) is 5.91. The quantitative estimate of drug-likeness (QED) is 0.824. The highest BCUT2D eigenvalue weighted by molar-refractivity contribution is 5.91. The average molecular weight is 245 g/mol. The molecule has 1 amide bonds. The fourth-order valence-corrected chi connectivity index (χ4v) is 1.65.